The van der Waals surface area contributed by atoms with Gasteiger partial charge in [-0.2, -0.15) is 0 Å². The molecule has 1 aromatic heterocycles. The molecule has 2 aromatic rings. The molecule has 1 aromatic carbocycles. The van der Waals surface area contributed by atoms with E-state index in [9.17, 15) is 4.79 Å². The maximum absolute atomic E-state index is 12.4. The molecule has 112 valence electrons. The Labute approximate surface area is 125 Å². The minimum Gasteiger partial charge on any atom is -0.340 e. The van der Waals surface area contributed by atoms with Crippen LogP contribution in [-0.2, 0) is 18.3 Å². The lowest BCUT2D eigenvalue weighted by atomic mass is 10.1. The van der Waals surface area contributed by atoms with Crippen LogP contribution in [0.1, 0.15) is 11.4 Å². The molecule has 2 heterocycles. The summed E-state index contributed by atoms with van der Waals surface area (Å²) in [5.74, 6) is 1.21. The van der Waals surface area contributed by atoms with Crippen molar-refractivity contribution < 1.29 is 4.79 Å². The Morgan fingerprint density at radius 3 is 2.62 bits per heavy atom. The van der Waals surface area contributed by atoms with Crippen LogP contribution in [0.3, 0.4) is 0 Å². The van der Waals surface area contributed by atoms with E-state index in [-0.39, 0.29) is 5.91 Å². The fraction of sp³-hybridized carbons (Fsp3) is 0.500. The third kappa shape index (κ3) is 2.78. The first-order chi connectivity index (χ1) is 10.0. The van der Waals surface area contributed by atoms with Crippen LogP contribution in [0.2, 0.25) is 0 Å². The van der Waals surface area contributed by atoms with Gasteiger partial charge in [0.25, 0.3) is 0 Å². The molecule has 3 rings (SSSR count). The molecular formula is C16H22N4O. The lowest BCUT2D eigenvalue weighted by Gasteiger charge is -2.32. The van der Waals surface area contributed by atoms with Crippen molar-refractivity contribution in [2.45, 2.75) is 13.3 Å². The molecular weight excluding hydrogens is 264 g/mol. The molecule has 0 N–H and O–H groups in total. The first-order valence-electron chi connectivity index (χ1n) is 7.43. The number of benzene rings is 1. The lowest BCUT2D eigenvalue weighted by molar-refractivity contribution is -0.132. The molecule has 0 unspecified atom stereocenters. The van der Waals surface area contributed by atoms with Gasteiger partial charge in [-0.15, -0.1) is 0 Å². The average Bonchev–Trinajstić information content (AvgIpc) is 2.74. The molecule has 1 saturated heterocycles. The molecule has 21 heavy (non-hydrogen) atoms. The summed E-state index contributed by atoms with van der Waals surface area (Å²) in [5.41, 5.74) is 3.13. The van der Waals surface area contributed by atoms with Gasteiger partial charge in [0.15, 0.2) is 0 Å². The van der Waals surface area contributed by atoms with E-state index in [0.717, 1.165) is 48.6 Å². The van der Waals surface area contributed by atoms with Crippen LogP contribution in [0, 0.1) is 6.92 Å². The third-order valence-corrected chi connectivity index (χ3v) is 4.38. The highest BCUT2D eigenvalue weighted by atomic mass is 16.2. The van der Waals surface area contributed by atoms with Crippen LogP contribution in [0.4, 0.5) is 0 Å². The summed E-state index contributed by atoms with van der Waals surface area (Å²) in [4.78, 5) is 21.1. The first-order valence-corrected chi connectivity index (χ1v) is 7.43. The van der Waals surface area contributed by atoms with Gasteiger partial charge in [0.2, 0.25) is 5.91 Å². The van der Waals surface area contributed by atoms with Crippen LogP contribution in [0.15, 0.2) is 18.2 Å². The number of likely N-dealkylation sites (N-methyl/N-ethyl adjacent to an activating group) is 1. The molecule has 5 nitrogen and oxygen atoms in total. The van der Waals surface area contributed by atoms with Crippen molar-refractivity contribution in [2.75, 3.05) is 33.2 Å². The zero-order valence-electron chi connectivity index (χ0n) is 13.0. The Hall–Kier alpha value is -1.88. The van der Waals surface area contributed by atoms with E-state index in [1.165, 1.54) is 0 Å². The predicted octanol–water partition coefficient (Wildman–Crippen LogP) is 1.20. The van der Waals surface area contributed by atoms with Crippen LogP contribution < -0.4 is 0 Å². The Balaban J connectivity index is 1.74. The van der Waals surface area contributed by atoms with Gasteiger partial charge >= 0.3 is 0 Å². The van der Waals surface area contributed by atoms with Crippen molar-refractivity contribution in [1.29, 1.82) is 0 Å². The number of hydrogen-bond donors (Lipinski definition) is 0. The molecule has 0 saturated carbocycles. The van der Waals surface area contributed by atoms with Gasteiger partial charge in [-0.1, -0.05) is 6.07 Å². The van der Waals surface area contributed by atoms with E-state index in [1.54, 1.807) is 0 Å². The Kier molecular flexibility index (Phi) is 3.68. The molecule has 1 aliphatic rings. The predicted molar refractivity (Wildman–Crippen MR) is 83.2 cm³/mol. The maximum atomic E-state index is 12.4. The number of piperazine rings is 1. The standard InChI is InChI=1S/C16H22N4O/c1-12-17-14-10-13(4-5-15(14)19(12)3)11-16(21)20-8-6-18(2)7-9-20/h4-5,10H,6-9,11H2,1-3H3. The lowest BCUT2D eigenvalue weighted by Crippen LogP contribution is -2.47. The highest BCUT2D eigenvalue weighted by Gasteiger charge is 2.19. The molecule has 1 amide bonds. The van der Waals surface area contributed by atoms with E-state index in [2.05, 4.69) is 27.6 Å². The molecule has 0 atom stereocenters. The van der Waals surface area contributed by atoms with Crippen molar-refractivity contribution in [3.8, 4) is 0 Å². The Bertz CT molecular complexity index is 668. The van der Waals surface area contributed by atoms with E-state index in [1.807, 2.05) is 31.0 Å². The summed E-state index contributed by atoms with van der Waals surface area (Å²) in [6.07, 6.45) is 0.468. The van der Waals surface area contributed by atoms with Gasteiger partial charge in [-0.3, -0.25) is 4.79 Å². The first kappa shape index (κ1) is 14.1. The minimum absolute atomic E-state index is 0.218. The maximum Gasteiger partial charge on any atom is 0.227 e. The SMILES string of the molecule is Cc1nc2cc(CC(=O)N3CCN(C)CC3)ccc2n1C. The van der Waals surface area contributed by atoms with Crippen molar-refractivity contribution in [3.63, 3.8) is 0 Å². The summed E-state index contributed by atoms with van der Waals surface area (Å²) in [5, 5.41) is 0. The minimum atomic E-state index is 0.218. The van der Waals surface area contributed by atoms with Crippen LogP contribution >= 0.6 is 0 Å². The highest BCUT2D eigenvalue weighted by Crippen LogP contribution is 2.17. The molecule has 0 bridgehead atoms. The van der Waals surface area contributed by atoms with Crippen molar-refractivity contribution in [2.24, 2.45) is 7.05 Å². The van der Waals surface area contributed by atoms with Gasteiger partial charge < -0.3 is 14.4 Å². The van der Waals surface area contributed by atoms with Gasteiger partial charge in [-0.05, 0) is 31.7 Å². The zero-order chi connectivity index (χ0) is 15.0. The second-order valence-corrected chi connectivity index (χ2v) is 5.90. The van der Waals surface area contributed by atoms with Gasteiger partial charge in [0.05, 0.1) is 17.5 Å². The number of imidazole rings is 1. The van der Waals surface area contributed by atoms with Gasteiger partial charge in [-0.25, -0.2) is 4.98 Å². The second-order valence-electron chi connectivity index (χ2n) is 5.90. The summed E-state index contributed by atoms with van der Waals surface area (Å²) in [6.45, 7) is 5.59. The van der Waals surface area contributed by atoms with Gasteiger partial charge in [0.1, 0.15) is 5.82 Å². The zero-order valence-corrected chi connectivity index (χ0v) is 13.0. The van der Waals surface area contributed by atoms with Crippen molar-refractivity contribution in [1.82, 2.24) is 19.4 Å². The summed E-state index contributed by atoms with van der Waals surface area (Å²) in [7, 11) is 4.11. The number of amides is 1. The molecule has 0 aliphatic carbocycles. The second kappa shape index (κ2) is 5.48. The molecule has 1 aliphatic heterocycles. The van der Waals surface area contributed by atoms with E-state index in [4.69, 9.17) is 0 Å². The van der Waals surface area contributed by atoms with E-state index >= 15 is 0 Å². The van der Waals surface area contributed by atoms with Crippen molar-refractivity contribution >= 4 is 16.9 Å². The van der Waals surface area contributed by atoms with E-state index in [0.29, 0.717) is 6.42 Å². The Morgan fingerprint density at radius 1 is 1.19 bits per heavy atom. The summed E-state index contributed by atoms with van der Waals surface area (Å²) >= 11 is 0. The number of nitrogens with zero attached hydrogens (tertiary/aromatic N) is 4. The highest BCUT2D eigenvalue weighted by molar-refractivity contribution is 5.82. The molecule has 5 heteroatoms. The van der Waals surface area contributed by atoms with Crippen LogP contribution in [-0.4, -0.2) is 58.5 Å². The molecule has 1 fully saturated rings. The number of aromatic nitrogens is 2. The molecule has 0 radical (unpaired) electrons. The number of aryl methyl sites for hydroxylation is 2. The fourth-order valence-corrected chi connectivity index (χ4v) is 2.82. The molecule has 0 spiro atoms. The number of rotatable bonds is 2. The number of hydrogen-bond acceptors (Lipinski definition) is 3. The topological polar surface area (TPSA) is 41.4 Å². The summed E-state index contributed by atoms with van der Waals surface area (Å²) < 4.78 is 2.07. The quantitative estimate of drug-likeness (QED) is 0.833. The van der Waals surface area contributed by atoms with E-state index < -0.39 is 0 Å². The Morgan fingerprint density at radius 2 is 1.90 bits per heavy atom. The number of fused-ring (bicyclic) bond motifs is 1. The monoisotopic (exact) mass is 286 g/mol. The largest absolute Gasteiger partial charge is 0.340 e. The third-order valence-electron chi connectivity index (χ3n) is 4.38. The van der Waals surface area contributed by atoms with Crippen molar-refractivity contribution in [3.05, 3.63) is 29.6 Å². The normalized spacial score (nSPS) is 16.6. The average molecular weight is 286 g/mol. The smallest absolute Gasteiger partial charge is 0.227 e. The van der Waals surface area contributed by atoms with Crippen LogP contribution in [0.25, 0.3) is 11.0 Å². The van der Waals surface area contributed by atoms with Crippen LogP contribution in [0.5, 0.6) is 0 Å². The summed E-state index contributed by atoms with van der Waals surface area (Å²) in [6, 6.07) is 6.13. The number of carbonyl (C=O) groups is 1. The van der Waals surface area contributed by atoms with Gasteiger partial charge in [0, 0.05) is 33.2 Å². The number of carbonyl (C=O) groups excluding carboxylic acids is 1. The fourth-order valence-electron chi connectivity index (χ4n) is 2.82.